The normalized spacial score (nSPS) is 11.4. The van der Waals surface area contributed by atoms with Crippen LogP contribution in [0.25, 0.3) is 11.0 Å². The van der Waals surface area contributed by atoms with E-state index in [2.05, 4.69) is 20.6 Å². The summed E-state index contributed by atoms with van der Waals surface area (Å²) in [6.45, 7) is 0.505. The fourth-order valence-electron chi connectivity index (χ4n) is 4.11. The number of hydrogen-bond acceptors (Lipinski definition) is 5. The highest BCUT2D eigenvalue weighted by Gasteiger charge is 2.30. The van der Waals surface area contributed by atoms with Gasteiger partial charge in [-0.3, -0.25) is 0 Å². The number of nitrogen functional groups attached to an aromatic ring is 1. The number of carbonyl (C=O) groups is 1. The van der Waals surface area contributed by atoms with Crippen LogP contribution in [0.2, 0.25) is 0 Å². The first kappa shape index (κ1) is 24.8. The number of aromatic nitrogens is 4. The fraction of sp³-hybridized carbons (Fsp3) is 0.111. The number of fused-ring (bicyclic) bond motifs is 1. The van der Waals surface area contributed by atoms with E-state index in [-0.39, 0.29) is 5.69 Å². The van der Waals surface area contributed by atoms with Crippen LogP contribution in [0.5, 0.6) is 0 Å². The summed E-state index contributed by atoms with van der Waals surface area (Å²) < 4.78 is 40.7. The summed E-state index contributed by atoms with van der Waals surface area (Å²) in [6.07, 6.45) is -2.71. The van der Waals surface area contributed by atoms with E-state index in [1.165, 1.54) is 18.5 Å². The van der Waals surface area contributed by atoms with Gasteiger partial charge >= 0.3 is 12.2 Å². The second-order valence-electron chi connectivity index (χ2n) is 8.58. The average Bonchev–Trinajstić information content (AvgIpc) is 3.22. The van der Waals surface area contributed by atoms with Gasteiger partial charge in [-0.1, -0.05) is 48.5 Å². The number of benzene rings is 3. The Morgan fingerprint density at radius 1 is 0.868 bits per heavy atom. The molecule has 0 radical (unpaired) electrons. The topological polar surface area (TPSA) is 111 Å². The van der Waals surface area contributed by atoms with Gasteiger partial charge in [0.25, 0.3) is 0 Å². The molecule has 0 aliphatic heterocycles. The number of nitrogens with zero attached hydrogens (tertiary/aromatic N) is 4. The zero-order valence-corrected chi connectivity index (χ0v) is 19.9. The molecule has 0 aliphatic carbocycles. The lowest BCUT2D eigenvalue weighted by Gasteiger charge is -2.11. The van der Waals surface area contributed by atoms with Crippen LogP contribution in [0, 0.1) is 0 Å². The molecule has 2 aromatic heterocycles. The highest BCUT2D eigenvalue weighted by atomic mass is 19.4. The number of anilines is 3. The van der Waals surface area contributed by atoms with Crippen LogP contribution in [-0.4, -0.2) is 25.8 Å². The highest BCUT2D eigenvalue weighted by molar-refractivity contribution is 5.99. The Bertz CT molecular complexity index is 1600. The maximum Gasteiger partial charge on any atom is 0.416 e. The maximum absolute atomic E-state index is 13.0. The summed E-state index contributed by atoms with van der Waals surface area (Å²) in [5, 5.41) is 10.5. The predicted molar refractivity (Wildman–Crippen MR) is 139 cm³/mol. The summed E-state index contributed by atoms with van der Waals surface area (Å²) >= 11 is 0. The van der Waals surface area contributed by atoms with Crippen LogP contribution in [0.15, 0.2) is 85.2 Å². The summed E-state index contributed by atoms with van der Waals surface area (Å²) in [4.78, 5) is 21.0. The van der Waals surface area contributed by atoms with Gasteiger partial charge in [0.1, 0.15) is 12.1 Å². The van der Waals surface area contributed by atoms with Gasteiger partial charge in [-0.25, -0.2) is 19.4 Å². The van der Waals surface area contributed by atoms with Crippen LogP contribution < -0.4 is 16.4 Å². The summed E-state index contributed by atoms with van der Waals surface area (Å²) in [6, 6.07) is 20.7. The van der Waals surface area contributed by atoms with E-state index >= 15 is 0 Å². The van der Waals surface area contributed by atoms with E-state index < -0.39 is 17.8 Å². The Morgan fingerprint density at radius 3 is 2.29 bits per heavy atom. The molecule has 3 aromatic carbocycles. The minimum atomic E-state index is -4.50. The van der Waals surface area contributed by atoms with Gasteiger partial charge in [0, 0.05) is 17.8 Å². The van der Waals surface area contributed by atoms with Gasteiger partial charge in [0.15, 0.2) is 5.65 Å². The smallest absolute Gasteiger partial charge is 0.383 e. The molecule has 8 nitrogen and oxygen atoms in total. The molecule has 0 saturated carbocycles. The average molecular weight is 518 g/mol. The van der Waals surface area contributed by atoms with Crippen LogP contribution in [0.4, 0.5) is 35.2 Å². The standard InChI is InChI=1S/C27H22F3N7O/c28-27(29,30)19-9-5-11-21(14-19)35-26(38)34-20-10-4-8-18(12-20)13-22-23-24(31)32-16-33-25(23)37(36-22)15-17-6-2-1-3-7-17/h1-12,14,16H,13,15H2,(H2,31,32,33)(H2,34,35,38). The molecule has 2 amide bonds. The van der Waals surface area contributed by atoms with E-state index in [9.17, 15) is 18.0 Å². The number of amides is 2. The number of urea groups is 1. The van der Waals surface area contributed by atoms with Gasteiger partial charge < -0.3 is 16.4 Å². The predicted octanol–water partition coefficient (Wildman–Crippen LogP) is 5.71. The quantitative estimate of drug-likeness (QED) is 0.267. The molecule has 0 unspecified atom stereocenters. The molecule has 0 bridgehead atoms. The van der Waals surface area contributed by atoms with Crippen molar-refractivity contribution in [3.05, 3.63) is 108 Å². The van der Waals surface area contributed by atoms with Crippen molar-refractivity contribution in [2.75, 3.05) is 16.4 Å². The van der Waals surface area contributed by atoms with Gasteiger partial charge in [0.2, 0.25) is 0 Å². The molecule has 38 heavy (non-hydrogen) atoms. The van der Waals surface area contributed by atoms with Gasteiger partial charge in [-0.2, -0.15) is 18.3 Å². The number of rotatable bonds is 6. The van der Waals surface area contributed by atoms with Crippen molar-refractivity contribution in [1.82, 2.24) is 19.7 Å². The number of halogens is 3. The Kier molecular flexibility index (Phi) is 6.65. The third-order valence-corrected chi connectivity index (χ3v) is 5.81. The minimum Gasteiger partial charge on any atom is -0.383 e. The highest BCUT2D eigenvalue weighted by Crippen LogP contribution is 2.31. The van der Waals surface area contributed by atoms with E-state index in [4.69, 9.17) is 10.8 Å². The van der Waals surface area contributed by atoms with E-state index in [0.29, 0.717) is 41.2 Å². The zero-order chi connectivity index (χ0) is 26.7. The first-order valence-corrected chi connectivity index (χ1v) is 11.6. The van der Waals surface area contributed by atoms with Crippen LogP contribution in [0.3, 0.4) is 0 Å². The van der Waals surface area contributed by atoms with Crippen molar-refractivity contribution < 1.29 is 18.0 Å². The number of hydrogen-bond donors (Lipinski definition) is 3. The molecular weight excluding hydrogens is 495 g/mol. The van der Waals surface area contributed by atoms with E-state index in [0.717, 1.165) is 23.3 Å². The number of nitrogens with two attached hydrogens (primary N) is 1. The van der Waals surface area contributed by atoms with Crippen LogP contribution in [0.1, 0.15) is 22.4 Å². The summed E-state index contributed by atoms with van der Waals surface area (Å²) in [7, 11) is 0. The van der Waals surface area contributed by atoms with Crippen LogP contribution in [-0.2, 0) is 19.1 Å². The fourth-order valence-corrected chi connectivity index (χ4v) is 4.11. The van der Waals surface area contributed by atoms with Crippen LogP contribution >= 0.6 is 0 Å². The van der Waals surface area contributed by atoms with E-state index in [1.54, 1.807) is 22.9 Å². The molecule has 11 heteroatoms. The first-order valence-electron chi connectivity index (χ1n) is 11.6. The lowest BCUT2D eigenvalue weighted by Crippen LogP contribution is -2.20. The molecule has 0 saturated heterocycles. The van der Waals surface area contributed by atoms with E-state index in [1.807, 2.05) is 36.4 Å². The van der Waals surface area contributed by atoms with Crippen molar-refractivity contribution >= 4 is 34.3 Å². The van der Waals surface area contributed by atoms with Gasteiger partial charge in [-0.05, 0) is 41.5 Å². The molecule has 5 rings (SSSR count). The molecule has 0 aliphatic rings. The summed E-state index contributed by atoms with van der Waals surface area (Å²) in [5.41, 5.74) is 9.01. The lowest BCUT2D eigenvalue weighted by atomic mass is 10.1. The summed E-state index contributed by atoms with van der Waals surface area (Å²) in [5.74, 6) is 0.319. The molecule has 0 spiro atoms. The van der Waals surface area contributed by atoms with Crippen molar-refractivity contribution in [3.8, 4) is 0 Å². The Morgan fingerprint density at radius 2 is 1.55 bits per heavy atom. The first-order chi connectivity index (χ1) is 18.3. The third kappa shape index (κ3) is 5.56. The Hall–Kier alpha value is -4.93. The molecule has 192 valence electrons. The molecule has 5 aromatic rings. The second kappa shape index (κ2) is 10.2. The zero-order valence-electron chi connectivity index (χ0n) is 19.9. The molecule has 0 fully saturated rings. The number of carbonyl (C=O) groups excluding carboxylic acids is 1. The molecule has 2 heterocycles. The number of nitrogens with one attached hydrogen (secondary N) is 2. The van der Waals surface area contributed by atoms with Crippen molar-refractivity contribution in [3.63, 3.8) is 0 Å². The van der Waals surface area contributed by atoms with Gasteiger partial charge in [0.05, 0.1) is 23.2 Å². The Balaban J connectivity index is 1.34. The SMILES string of the molecule is Nc1ncnc2c1c(Cc1cccc(NC(=O)Nc3cccc(C(F)(F)F)c3)c1)nn2Cc1ccccc1. The minimum absolute atomic E-state index is 0.0272. The van der Waals surface area contributed by atoms with Crippen molar-refractivity contribution in [1.29, 1.82) is 0 Å². The maximum atomic E-state index is 13.0. The molecule has 0 atom stereocenters. The third-order valence-electron chi connectivity index (χ3n) is 5.81. The Labute approximate surface area is 215 Å². The largest absolute Gasteiger partial charge is 0.416 e. The molecular formula is C27H22F3N7O. The van der Waals surface area contributed by atoms with Crippen molar-refractivity contribution in [2.45, 2.75) is 19.1 Å². The second-order valence-corrected chi connectivity index (χ2v) is 8.58. The molecule has 4 N–H and O–H groups in total. The number of alkyl halides is 3. The van der Waals surface area contributed by atoms with Crippen molar-refractivity contribution in [2.24, 2.45) is 0 Å². The van der Waals surface area contributed by atoms with Gasteiger partial charge in [-0.15, -0.1) is 0 Å². The lowest BCUT2D eigenvalue weighted by molar-refractivity contribution is -0.137. The monoisotopic (exact) mass is 517 g/mol.